The van der Waals surface area contributed by atoms with E-state index in [1.54, 1.807) is 0 Å². The minimum Gasteiger partial charge on any atom is -0.492 e. The van der Waals surface area contributed by atoms with E-state index in [2.05, 4.69) is 41.0 Å². The van der Waals surface area contributed by atoms with E-state index in [4.69, 9.17) is 4.74 Å². The molecule has 2 heterocycles. The molecule has 0 fully saturated rings. The summed E-state index contributed by atoms with van der Waals surface area (Å²) in [6.07, 6.45) is 2.31. The molecule has 0 spiro atoms. The number of benzene rings is 1. The molecule has 0 amide bonds. The third-order valence-electron chi connectivity index (χ3n) is 3.56. The summed E-state index contributed by atoms with van der Waals surface area (Å²) in [5.41, 5.74) is 2.59. The average molecular weight is 273 g/mol. The van der Waals surface area contributed by atoms with Gasteiger partial charge in [-0.15, -0.1) is 11.3 Å². The summed E-state index contributed by atoms with van der Waals surface area (Å²) >= 11 is 1.86. The van der Waals surface area contributed by atoms with Crippen molar-refractivity contribution in [3.8, 4) is 5.75 Å². The van der Waals surface area contributed by atoms with Crippen LogP contribution in [-0.2, 0) is 12.8 Å². The first-order valence-corrected chi connectivity index (χ1v) is 7.75. The monoisotopic (exact) mass is 273 g/mol. The van der Waals surface area contributed by atoms with Crippen LogP contribution in [0.3, 0.4) is 0 Å². The van der Waals surface area contributed by atoms with Gasteiger partial charge in [-0.3, -0.25) is 0 Å². The van der Waals surface area contributed by atoms with Crippen LogP contribution in [0.15, 0.2) is 35.7 Å². The molecule has 0 saturated carbocycles. The first kappa shape index (κ1) is 12.5. The summed E-state index contributed by atoms with van der Waals surface area (Å²) in [4.78, 5) is 1.48. The molecule has 1 atom stereocenters. The molecule has 1 aliphatic heterocycles. The lowest BCUT2D eigenvalue weighted by molar-refractivity contribution is 0.340. The van der Waals surface area contributed by atoms with Crippen LogP contribution in [0.1, 0.15) is 17.4 Å². The molecule has 1 aliphatic rings. The maximum Gasteiger partial charge on any atom is 0.142 e. The fourth-order valence-electron chi connectivity index (χ4n) is 2.71. The molecule has 3 heteroatoms. The third-order valence-corrected chi connectivity index (χ3v) is 4.46. The Labute approximate surface area is 118 Å². The first-order valence-electron chi connectivity index (χ1n) is 6.87. The molecule has 1 unspecified atom stereocenters. The summed E-state index contributed by atoms with van der Waals surface area (Å²) in [5, 5.41) is 5.72. The molecule has 0 saturated heterocycles. The zero-order chi connectivity index (χ0) is 13.1. The van der Waals surface area contributed by atoms with Gasteiger partial charge in [0.05, 0.1) is 12.3 Å². The highest BCUT2D eigenvalue weighted by Gasteiger charge is 2.21. The molecule has 0 bridgehead atoms. The van der Waals surface area contributed by atoms with Gasteiger partial charge in [0.15, 0.2) is 0 Å². The Morgan fingerprint density at radius 3 is 3.05 bits per heavy atom. The van der Waals surface area contributed by atoms with Crippen molar-refractivity contribution in [3.63, 3.8) is 0 Å². The Bertz CT molecular complexity index is 536. The van der Waals surface area contributed by atoms with Crippen LogP contribution in [0.4, 0.5) is 5.69 Å². The number of nitrogens with one attached hydrogen (secondary N) is 1. The number of rotatable bonds is 4. The van der Waals surface area contributed by atoms with E-state index in [9.17, 15) is 0 Å². The smallest absolute Gasteiger partial charge is 0.142 e. The molecule has 0 aliphatic carbocycles. The summed E-state index contributed by atoms with van der Waals surface area (Å²) in [6, 6.07) is 10.7. The number of thiophene rings is 1. The fourth-order valence-corrected chi connectivity index (χ4v) is 3.53. The molecule has 100 valence electrons. The fraction of sp³-hybridized carbons (Fsp3) is 0.375. The van der Waals surface area contributed by atoms with E-state index >= 15 is 0 Å². The average Bonchev–Trinajstić information content (AvgIpc) is 2.92. The van der Waals surface area contributed by atoms with Crippen molar-refractivity contribution >= 4 is 17.0 Å². The second-order valence-electron chi connectivity index (χ2n) is 4.96. The number of para-hydroxylation sites is 1. The molecule has 2 aromatic rings. The van der Waals surface area contributed by atoms with Crippen LogP contribution in [0.2, 0.25) is 0 Å². The summed E-state index contributed by atoms with van der Waals surface area (Å²) in [6.45, 7) is 3.79. The van der Waals surface area contributed by atoms with Crippen LogP contribution in [0, 0.1) is 5.92 Å². The lowest BCUT2D eigenvalue weighted by Crippen LogP contribution is -2.25. The molecule has 1 aromatic carbocycles. The van der Waals surface area contributed by atoms with Crippen molar-refractivity contribution in [2.24, 2.45) is 5.92 Å². The van der Waals surface area contributed by atoms with E-state index in [1.807, 2.05) is 18.3 Å². The SMILES string of the molecule is CCOc1cccc2c1NCC(Cc1cccs1)C2. The zero-order valence-corrected chi connectivity index (χ0v) is 12.0. The van der Waals surface area contributed by atoms with Crippen molar-refractivity contribution in [1.29, 1.82) is 0 Å². The Kier molecular flexibility index (Phi) is 3.74. The molecule has 3 rings (SSSR count). The Morgan fingerprint density at radius 1 is 1.32 bits per heavy atom. The topological polar surface area (TPSA) is 21.3 Å². The maximum atomic E-state index is 5.68. The van der Waals surface area contributed by atoms with Crippen molar-refractivity contribution in [2.45, 2.75) is 19.8 Å². The van der Waals surface area contributed by atoms with Gasteiger partial charge in [0.25, 0.3) is 0 Å². The van der Waals surface area contributed by atoms with Gasteiger partial charge in [-0.2, -0.15) is 0 Å². The predicted molar refractivity (Wildman–Crippen MR) is 81.3 cm³/mol. The number of anilines is 1. The highest BCUT2D eigenvalue weighted by molar-refractivity contribution is 7.09. The highest BCUT2D eigenvalue weighted by Crippen LogP contribution is 2.34. The lowest BCUT2D eigenvalue weighted by atomic mass is 9.91. The molecule has 19 heavy (non-hydrogen) atoms. The molecular weight excluding hydrogens is 254 g/mol. The largest absolute Gasteiger partial charge is 0.492 e. The maximum absolute atomic E-state index is 5.68. The molecule has 2 nitrogen and oxygen atoms in total. The number of hydrogen-bond donors (Lipinski definition) is 1. The number of fused-ring (bicyclic) bond motifs is 1. The minimum atomic E-state index is 0.683. The van der Waals surface area contributed by atoms with Crippen LogP contribution < -0.4 is 10.1 Å². The van der Waals surface area contributed by atoms with Gasteiger partial charge in [-0.1, -0.05) is 18.2 Å². The highest BCUT2D eigenvalue weighted by atomic mass is 32.1. The Morgan fingerprint density at radius 2 is 2.26 bits per heavy atom. The third kappa shape index (κ3) is 2.76. The minimum absolute atomic E-state index is 0.683. The summed E-state index contributed by atoms with van der Waals surface area (Å²) < 4.78 is 5.68. The standard InChI is InChI=1S/C16H19NOS/c1-2-18-15-7-3-5-13-9-12(11-17-16(13)15)10-14-6-4-8-19-14/h3-8,12,17H,2,9-11H2,1H3. The van der Waals surface area contributed by atoms with Gasteiger partial charge in [0, 0.05) is 11.4 Å². The van der Waals surface area contributed by atoms with Crippen molar-refractivity contribution in [2.75, 3.05) is 18.5 Å². The lowest BCUT2D eigenvalue weighted by Gasteiger charge is -2.27. The second kappa shape index (κ2) is 5.66. The van der Waals surface area contributed by atoms with E-state index < -0.39 is 0 Å². The molecule has 0 radical (unpaired) electrons. The van der Waals surface area contributed by atoms with E-state index in [0.29, 0.717) is 5.92 Å². The van der Waals surface area contributed by atoms with Crippen LogP contribution >= 0.6 is 11.3 Å². The van der Waals surface area contributed by atoms with Crippen molar-refractivity contribution in [3.05, 3.63) is 46.2 Å². The van der Waals surface area contributed by atoms with Gasteiger partial charge >= 0.3 is 0 Å². The van der Waals surface area contributed by atoms with E-state index in [0.717, 1.165) is 25.3 Å². The van der Waals surface area contributed by atoms with Gasteiger partial charge in [0.2, 0.25) is 0 Å². The van der Waals surface area contributed by atoms with Crippen LogP contribution in [-0.4, -0.2) is 13.2 Å². The van der Waals surface area contributed by atoms with E-state index in [-0.39, 0.29) is 0 Å². The van der Waals surface area contributed by atoms with Gasteiger partial charge in [0.1, 0.15) is 5.75 Å². The number of hydrogen-bond acceptors (Lipinski definition) is 3. The van der Waals surface area contributed by atoms with Crippen molar-refractivity contribution < 1.29 is 4.74 Å². The normalized spacial score (nSPS) is 17.6. The van der Waals surface area contributed by atoms with Crippen LogP contribution in [0.5, 0.6) is 5.75 Å². The number of ether oxygens (including phenoxy) is 1. The van der Waals surface area contributed by atoms with Crippen molar-refractivity contribution in [1.82, 2.24) is 0 Å². The van der Waals surface area contributed by atoms with Gasteiger partial charge in [-0.05, 0) is 48.8 Å². The quantitative estimate of drug-likeness (QED) is 0.910. The van der Waals surface area contributed by atoms with Gasteiger partial charge < -0.3 is 10.1 Å². The van der Waals surface area contributed by atoms with Crippen LogP contribution in [0.25, 0.3) is 0 Å². The van der Waals surface area contributed by atoms with Gasteiger partial charge in [-0.25, -0.2) is 0 Å². The first-order chi connectivity index (χ1) is 9.36. The molecular formula is C16H19NOS. The van der Waals surface area contributed by atoms with E-state index in [1.165, 1.54) is 22.5 Å². The predicted octanol–water partition coefficient (Wildman–Crippen LogP) is 3.97. The molecule has 1 aromatic heterocycles. The zero-order valence-electron chi connectivity index (χ0n) is 11.2. The Hall–Kier alpha value is -1.48. The Balaban J connectivity index is 1.75. The summed E-state index contributed by atoms with van der Waals surface area (Å²) in [7, 11) is 0. The molecule has 1 N–H and O–H groups in total. The second-order valence-corrected chi connectivity index (χ2v) is 5.99. The summed E-state index contributed by atoms with van der Waals surface area (Å²) in [5.74, 6) is 1.68.